The van der Waals surface area contributed by atoms with Crippen molar-refractivity contribution in [3.05, 3.63) is 28.7 Å². The molecule has 1 aromatic rings. The van der Waals surface area contributed by atoms with E-state index in [1.165, 1.54) is 5.56 Å². The van der Waals surface area contributed by atoms with Crippen molar-refractivity contribution < 1.29 is 9.47 Å². The Morgan fingerprint density at radius 1 is 1.40 bits per heavy atom. The molecule has 1 aliphatic heterocycles. The summed E-state index contributed by atoms with van der Waals surface area (Å²) >= 11 is 0. The smallest absolute Gasteiger partial charge is 0.231 e. The Morgan fingerprint density at radius 2 is 2.20 bits per heavy atom. The average Bonchev–Trinajstić information content (AvgIpc) is 2.85. The highest BCUT2D eigenvalue weighted by Crippen LogP contribution is 2.38. The molecule has 2 heterocycles. The summed E-state index contributed by atoms with van der Waals surface area (Å²) in [6.07, 6.45) is 4.48. The first-order valence-electron chi connectivity index (χ1n) is 5.17. The van der Waals surface area contributed by atoms with Crippen LogP contribution >= 0.6 is 0 Å². The predicted molar refractivity (Wildman–Crippen MR) is 53.7 cm³/mol. The number of hydrogen-bond donors (Lipinski definition) is 1. The van der Waals surface area contributed by atoms with E-state index in [1.807, 2.05) is 6.20 Å². The molecular weight excluding hydrogens is 192 g/mol. The molecule has 1 saturated heterocycles. The lowest BCUT2D eigenvalue weighted by atomic mass is 9.90. The summed E-state index contributed by atoms with van der Waals surface area (Å²) in [4.78, 5) is 6.49. The first-order chi connectivity index (χ1) is 7.33. The molecule has 3 rings (SSSR count). The second-order valence-corrected chi connectivity index (χ2v) is 4.04. The molecule has 1 spiro atoms. The largest absolute Gasteiger partial charge is 0.364 e. The second kappa shape index (κ2) is 3.09. The van der Waals surface area contributed by atoms with Gasteiger partial charge in [-0.25, -0.2) is 0 Å². The zero-order valence-electron chi connectivity index (χ0n) is 8.38. The number of nitrogens with one attached hydrogen (secondary N) is 1. The Hall–Kier alpha value is -1.31. The molecule has 0 radical (unpaired) electrons. The highest BCUT2D eigenvalue weighted by atomic mass is 16.7. The van der Waals surface area contributed by atoms with Crippen LogP contribution in [-0.2, 0) is 22.3 Å². The lowest BCUT2D eigenvalue weighted by molar-refractivity contribution is -0.163. The summed E-state index contributed by atoms with van der Waals surface area (Å²) in [5.41, 5.74) is 2.32. The molecule has 1 aliphatic carbocycles. The van der Waals surface area contributed by atoms with Gasteiger partial charge in [0.2, 0.25) is 5.82 Å². The van der Waals surface area contributed by atoms with Crippen LogP contribution in [0.1, 0.15) is 17.5 Å². The fourth-order valence-electron chi connectivity index (χ4n) is 2.43. The van der Waals surface area contributed by atoms with Crippen LogP contribution in [0.15, 0.2) is 6.20 Å². The fraction of sp³-hybridized carbons (Fsp3) is 0.545. The highest BCUT2D eigenvalue weighted by Gasteiger charge is 2.41. The van der Waals surface area contributed by atoms with Gasteiger partial charge in [-0.3, -0.25) is 0 Å². The van der Waals surface area contributed by atoms with E-state index in [0.717, 1.165) is 18.4 Å². The zero-order chi connectivity index (χ0) is 10.3. The van der Waals surface area contributed by atoms with E-state index < -0.39 is 5.79 Å². The summed E-state index contributed by atoms with van der Waals surface area (Å²) < 4.78 is 11.3. The molecule has 15 heavy (non-hydrogen) atoms. The van der Waals surface area contributed by atoms with Gasteiger partial charge in [0.05, 0.1) is 19.4 Å². The van der Waals surface area contributed by atoms with Crippen molar-refractivity contribution in [2.75, 3.05) is 13.2 Å². The minimum absolute atomic E-state index is 0.436. The molecule has 1 aromatic heterocycles. The summed E-state index contributed by atoms with van der Waals surface area (Å²) in [6, 6.07) is 0. The van der Waals surface area contributed by atoms with E-state index in [-0.39, 0.29) is 0 Å². The third-order valence-corrected chi connectivity index (χ3v) is 3.20. The van der Waals surface area contributed by atoms with Crippen molar-refractivity contribution in [3.8, 4) is 0 Å². The van der Waals surface area contributed by atoms with Crippen LogP contribution in [-0.4, -0.2) is 24.0 Å². The van der Waals surface area contributed by atoms with E-state index in [0.29, 0.717) is 25.5 Å². The maximum Gasteiger partial charge on any atom is 0.231 e. The Kier molecular flexibility index (Phi) is 1.84. The number of fused-ring (bicyclic) bond motifs is 1. The molecule has 0 bridgehead atoms. The van der Waals surface area contributed by atoms with Crippen LogP contribution in [0.5, 0.6) is 0 Å². The number of rotatable bonds is 0. The number of aromatic amines is 1. The lowest BCUT2D eigenvalue weighted by Crippen LogP contribution is -2.36. The van der Waals surface area contributed by atoms with Crippen molar-refractivity contribution in [3.63, 3.8) is 0 Å². The van der Waals surface area contributed by atoms with Gasteiger partial charge in [0, 0.05) is 12.8 Å². The topological polar surface area (TPSA) is 38.6 Å². The van der Waals surface area contributed by atoms with E-state index >= 15 is 0 Å². The monoisotopic (exact) mass is 204 g/mol. The van der Waals surface area contributed by atoms with Gasteiger partial charge in [0.1, 0.15) is 0 Å². The first kappa shape index (κ1) is 8.96. The molecule has 0 saturated carbocycles. The number of aryl methyl sites for hydroxylation is 1. The molecule has 0 amide bonds. The Bertz CT molecular complexity index is 424. The Morgan fingerprint density at radius 3 is 2.93 bits per heavy atom. The van der Waals surface area contributed by atoms with Crippen LogP contribution in [0.25, 0.3) is 4.85 Å². The minimum Gasteiger partial charge on any atom is -0.364 e. The number of ether oxygens (including phenoxy) is 2. The lowest BCUT2D eigenvalue weighted by Gasteiger charge is -2.31. The zero-order valence-corrected chi connectivity index (χ0v) is 8.38. The van der Waals surface area contributed by atoms with Gasteiger partial charge in [-0.05, 0) is 17.5 Å². The molecule has 1 N–H and O–H groups in total. The number of nitrogens with zero attached hydrogens (tertiary/aromatic N) is 1. The maximum absolute atomic E-state index is 7.07. The van der Waals surface area contributed by atoms with Crippen LogP contribution in [0.3, 0.4) is 0 Å². The first-order valence-corrected chi connectivity index (χ1v) is 5.17. The van der Waals surface area contributed by atoms with Crippen molar-refractivity contribution in [1.29, 1.82) is 0 Å². The summed E-state index contributed by atoms with van der Waals surface area (Å²) in [7, 11) is 0. The fourth-order valence-corrected chi connectivity index (χ4v) is 2.43. The van der Waals surface area contributed by atoms with Crippen LogP contribution in [0.2, 0.25) is 0 Å². The summed E-state index contributed by atoms with van der Waals surface area (Å²) in [6.45, 7) is 8.42. The summed E-state index contributed by atoms with van der Waals surface area (Å²) in [5.74, 6) is 0.206. The number of hydrogen-bond acceptors (Lipinski definition) is 2. The molecule has 0 atom stereocenters. The van der Waals surface area contributed by atoms with Crippen LogP contribution in [0.4, 0.5) is 5.82 Å². The molecule has 0 unspecified atom stereocenters. The number of aromatic nitrogens is 1. The second-order valence-electron chi connectivity index (χ2n) is 4.04. The molecule has 78 valence electrons. The van der Waals surface area contributed by atoms with Crippen LogP contribution < -0.4 is 0 Å². The standard InChI is InChI=1S/C11H12N2O2/c1-12-10-9-6-11(14-4-5-15-11)3-2-8(9)7-13-10/h7,13H,2-6H2. The van der Waals surface area contributed by atoms with Gasteiger partial charge in [-0.15, -0.1) is 0 Å². The van der Waals surface area contributed by atoms with E-state index in [2.05, 4.69) is 9.83 Å². The van der Waals surface area contributed by atoms with Crippen molar-refractivity contribution in [2.45, 2.75) is 25.0 Å². The van der Waals surface area contributed by atoms with Gasteiger partial charge in [-0.2, -0.15) is 0 Å². The van der Waals surface area contributed by atoms with Gasteiger partial charge in [0.15, 0.2) is 5.79 Å². The molecule has 2 aliphatic rings. The van der Waals surface area contributed by atoms with E-state index in [4.69, 9.17) is 16.0 Å². The minimum atomic E-state index is -0.436. The normalized spacial score (nSPS) is 22.6. The molecule has 0 aromatic carbocycles. The molecule has 4 nitrogen and oxygen atoms in total. The van der Waals surface area contributed by atoms with Crippen LogP contribution in [0, 0.1) is 6.57 Å². The Balaban J connectivity index is 1.97. The molecule has 4 heteroatoms. The quantitative estimate of drug-likeness (QED) is 0.654. The van der Waals surface area contributed by atoms with Gasteiger partial charge in [0.25, 0.3) is 0 Å². The third-order valence-electron chi connectivity index (χ3n) is 3.20. The average molecular weight is 204 g/mol. The van der Waals surface area contributed by atoms with Gasteiger partial charge < -0.3 is 19.3 Å². The third kappa shape index (κ3) is 1.28. The Labute approximate surface area is 88.0 Å². The van der Waals surface area contributed by atoms with Crippen molar-refractivity contribution >= 4 is 5.82 Å². The van der Waals surface area contributed by atoms with Gasteiger partial charge in [-0.1, -0.05) is 6.57 Å². The number of H-pyrrole nitrogens is 1. The predicted octanol–water partition coefficient (Wildman–Crippen LogP) is 1.80. The van der Waals surface area contributed by atoms with Gasteiger partial charge >= 0.3 is 0 Å². The van der Waals surface area contributed by atoms with Crippen molar-refractivity contribution in [1.82, 2.24) is 4.98 Å². The highest BCUT2D eigenvalue weighted by molar-refractivity contribution is 5.52. The molecular formula is C11H12N2O2. The SMILES string of the molecule is [C-]#[N+]c1[nH]cc2c1CC1(CC2)OCCO1. The maximum atomic E-state index is 7.07. The van der Waals surface area contributed by atoms with E-state index in [1.54, 1.807) is 0 Å². The van der Waals surface area contributed by atoms with Crippen molar-refractivity contribution in [2.24, 2.45) is 0 Å². The summed E-state index contributed by atoms with van der Waals surface area (Å²) in [5, 5.41) is 0. The molecule has 1 fully saturated rings. The van der Waals surface area contributed by atoms with E-state index in [9.17, 15) is 0 Å².